The van der Waals surface area contributed by atoms with Crippen LogP contribution in [0.4, 0.5) is 17.1 Å². The number of para-hydroxylation sites is 2. The summed E-state index contributed by atoms with van der Waals surface area (Å²) in [6.07, 6.45) is 2.05. The second-order valence-corrected chi connectivity index (χ2v) is 7.71. The van der Waals surface area contributed by atoms with Crippen molar-refractivity contribution in [3.8, 4) is 5.75 Å². The Labute approximate surface area is 186 Å². The summed E-state index contributed by atoms with van der Waals surface area (Å²) in [5.41, 5.74) is 0.825. The number of hydrogen-bond donors (Lipinski definition) is 1. The van der Waals surface area contributed by atoms with Crippen LogP contribution in [0.25, 0.3) is 0 Å². The first-order valence-corrected chi connectivity index (χ1v) is 10.6. The first kappa shape index (κ1) is 23.1. The molecule has 0 bridgehead atoms. The van der Waals surface area contributed by atoms with E-state index < -0.39 is 23.4 Å². The lowest BCUT2D eigenvalue weighted by molar-refractivity contribution is -0.384. The zero-order chi connectivity index (χ0) is 23.1. The van der Waals surface area contributed by atoms with Gasteiger partial charge in [-0.25, -0.2) is 4.79 Å². The molecule has 32 heavy (non-hydrogen) atoms. The van der Waals surface area contributed by atoms with Crippen molar-refractivity contribution in [2.24, 2.45) is 5.92 Å². The van der Waals surface area contributed by atoms with Crippen molar-refractivity contribution in [1.29, 1.82) is 0 Å². The van der Waals surface area contributed by atoms with Crippen LogP contribution in [0, 0.1) is 16.0 Å². The van der Waals surface area contributed by atoms with E-state index in [0.717, 1.165) is 25.9 Å². The van der Waals surface area contributed by atoms with E-state index in [2.05, 4.69) is 12.2 Å². The van der Waals surface area contributed by atoms with Crippen molar-refractivity contribution in [2.45, 2.75) is 26.7 Å². The van der Waals surface area contributed by atoms with Crippen LogP contribution >= 0.6 is 0 Å². The highest BCUT2D eigenvalue weighted by atomic mass is 16.6. The lowest BCUT2D eigenvalue weighted by atomic mass is 9.99. The number of nitro benzene ring substituents is 1. The summed E-state index contributed by atoms with van der Waals surface area (Å²) in [6, 6.07) is 11.2. The highest BCUT2D eigenvalue weighted by Crippen LogP contribution is 2.32. The van der Waals surface area contributed by atoms with Gasteiger partial charge in [0.1, 0.15) is 11.4 Å². The van der Waals surface area contributed by atoms with Crippen LogP contribution < -0.4 is 15.0 Å². The Kier molecular flexibility index (Phi) is 7.64. The molecule has 1 N–H and O–H groups in total. The Bertz CT molecular complexity index is 993. The number of carbonyl (C=O) groups is 2. The molecule has 0 radical (unpaired) electrons. The Morgan fingerprint density at radius 2 is 2.03 bits per heavy atom. The second kappa shape index (κ2) is 10.6. The van der Waals surface area contributed by atoms with Gasteiger partial charge < -0.3 is 19.7 Å². The van der Waals surface area contributed by atoms with E-state index in [1.807, 2.05) is 11.8 Å². The van der Waals surface area contributed by atoms with Crippen LogP contribution in [0.5, 0.6) is 5.75 Å². The summed E-state index contributed by atoms with van der Waals surface area (Å²) in [5, 5.41) is 14.3. The van der Waals surface area contributed by atoms with E-state index >= 15 is 0 Å². The highest BCUT2D eigenvalue weighted by Gasteiger charge is 2.25. The third kappa shape index (κ3) is 5.75. The molecule has 0 saturated carbocycles. The van der Waals surface area contributed by atoms with Gasteiger partial charge in [0.05, 0.1) is 22.8 Å². The number of nitrogens with zero attached hydrogens (tertiary/aromatic N) is 2. The summed E-state index contributed by atoms with van der Waals surface area (Å²) in [6.45, 7) is 5.32. The molecule has 170 valence electrons. The number of amides is 1. The van der Waals surface area contributed by atoms with Crippen LogP contribution in [0.2, 0.25) is 0 Å². The summed E-state index contributed by atoms with van der Waals surface area (Å²) in [4.78, 5) is 37.7. The smallest absolute Gasteiger partial charge is 0.338 e. The molecule has 0 spiro atoms. The molecule has 1 aliphatic rings. The fourth-order valence-corrected chi connectivity index (χ4v) is 3.72. The molecule has 1 fully saturated rings. The van der Waals surface area contributed by atoms with E-state index in [1.165, 1.54) is 12.1 Å². The Morgan fingerprint density at radius 1 is 1.25 bits per heavy atom. The first-order chi connectivity index (χ1) is 15.4. The maximum atomic E-state index is 12.4. The predicted molar refractivity (Wildman–Crippen MR) is 120 cm³/mol. The van der Waals surface area contributed by atoms with Gasteiger partial charge in [0.25, 0.3) is 11.6 Å². The molecule has 1 unspecified atom stereocenters. The molecule has 3 rings (SSSR count). The number of benzene rings is 2. The van der Waals surface area contributed by atoms with E-state index in [4.69, 9.17) is 9.47 Å². The van der Waals surface area contributed by atoms with E-state index in [0.29, 0.717) is 29.6 Å². The number of anilines is 2. The predicted octanol–water partition coefficient (Wildman–Crippen LogP) is 4.03. The molecule has 1 saturated heterocycles. The molecule has 9 nitrogen and oxygen atoms in total. The number of carbonyl (C=O) groups excluding carboxylic acids is 2. The number of ether oxygens (including phenoxy) is 2. The number of esters is 1. The van der Waals surface area contributed by atoms with Crippen molar-refractivity contribution >= 4 is 28.9 Å². The van der Waals surface area contributed by atoms with Gasteiger partial charge in [-0.05, 0) is 49.9 Å². The lowest BCUT2D eigenvalue weighted by Gasteiger charge is -2.32. The molecule has 1 atom stereocenters. The van der Waals surface area contributed by atoms with Crippen molar-refractivity contribution in [1.82, 2.24) is 0 Å². The summed E-state index contributed by atoms with van der Waals surface area (Å²) in [5.74, 6) is -0.397. The van der Waals surface area contributed by atoms with Crippen molar-refractivity contribution in [3.05, 3.63) is 58.1 Å². The zero-order valence-electron chi connectivity index (χ0n) is 18.2. The van der Waals surface area contributed by atoms with Crippen molar-refractivity contribution in [3.63, 3.8) is 0 Å². The molecule has 0 aliphatic carbocycles. The highest BCUT2D eigenvalue weighted by molar-refractivity contribution is 5.97. The number of rotatable bonds is 8. The van der Waals surface area contributed by atoms with E-state index in [9.17, 15) is 19.7 Å². The Morgan fingerprint density at radius 3 is 2.75 bits per heavy atom. The fourth-order valence-electron chi connectivity index (χ4n) is 3.72. The average Bonchev–Trinajstić information content (AvgIpc) is 2.78. The molecule has 9 heteroatoms. The van der Waals surface area contributed by atoms with Crippen molar-refractivity contribution < 1.29 is 24.0 Å². The minimum absolute atomic E-state index is 0.0213. The van der Waals surface area contributed by atoms with Gasteiger partial charge in [0, 0.05) is 19.2 Å². The van der Waals surface area contributed by atoms with Gasteiger partial charge in [-0.1, -0.05) is 19.1 Å². The minimum Gasteiger partial charge on any atom is -0.492 e. The van der Waals surface area contributed by atoms with Gasteiger partial charge in [0.15, 0.2) is 6.61 Å². The van der Waals surface area contributed by atoms with Gasteiger partial charge >= 0.3 is 5.97 Å². The maximum Gasteiger partial charge on any atom is 0.338 e. The van der Waals surface area contributed by atoms with E-state index in [-0.39, 0.29) is 11.3 Å². The SMILES string of the molecule is CCOc1ccccc1NC(=O)COC(=O)c1ccc(N2CCCC(C)C2)c([N+](=O)[O-])c1. The third-order valence-corrected chi connectivity index (χ3v) is 5.20. The molecule has 1 heterocycles. The monoisotopic (exact) mass is 441 g/mol. The molecular weight excluding hydrogens is 414 g/mol. The summed E-state index contributed by atoms with van der Waals surface area (Å²) in [7, 11) is 0. The van der Waals surface area contributed by atoms with E-state index in [1.54, 1.807) is 30.3 Å². The Hall–Kier alpha value is -3.62. The number of nitro groups is 1. The van der Waals surface area contributed by atoms with Crippen molar-refractivity contribution in [2.75, 3.05) is 36.5 Å². The molecule has 0 aromatic heterocycles. The zero-order valence-corrected chi connectivity index (χ0v) is 18.2. The standard InChI is InChI=1S/C23H27N3O6/c1-3-31-21-9-5-4-8-18(21)24-22(27)15-32-23(28)17-10-11-19(20(13-17)26(29)30)25-12-6-7-16(2)14-25/h4-5,8-11,13,16H,3,6-7,12,14-15H2,1-2H3,(H,24,27). The number of hydrogen-bond acceptors (Lipinski definition) is 7. The molecule has 2 aromatic rings. The van der Waals surface area contributed by atoms with Gasteiger partial charge in [-0.2, -0.15) is 0 Å². The van der Waals surface area contributed by atoms with Gasteiger partial charge in [0.2, 0.25) is 0 Å². The molecule has 2 aromatic carbocycles. The maximum absolute atomic E-state index is 12.4. The fraction of sp³-hybridized carbons (Fsp3) is 0.391. The Balaban J connectivity index is 1.65. The number of nitrogens with one attached hydrogen (secondary N) is 1. The van der Waals surface area contributed by atoms with Crippen LogP contribution in [0.15, 0.2) is 42.5 Å². The second-order valence-electron chi connectivity index (χ2n) is 7.71. The first-order valence-electron chi connectivity index (χ1n) is 10.6. The molecular formula is C23H27N3O6. The lowest BCUT2D eigenvalue weighted by Crippen LogP contribution is -2.34. The van der Waals surface area contributed by atoms with Crippen LogP contribution in [0.3, 0.4) is 0 Å². The normalized spacial score (nSPS) is 15.7. The van der Waals surface area contributed by atoms with Gasteiger partial charge in [-0.3, -0.25) is 14.9 Å². The van der Waals surface area contributed by atoms with Gasteiger partial charge in [-0.15, -0.1) is 0 Å². The number of piperidine rings is 1. The summed E-state index contributed by atoms with van der Waals surface area (Å²) >= 11 is 0. The molecule has 1 amide bonds. The van der Waals surface area contributed by atoms with Crippen LogP contribution in [-0.4, -0.2) is 43.1 Å². The quantitative estimate of drug-likeness (QED) is 0.374. The average molecular weight is 441 g/mol. The minimum atomic E-state index is -0.806. The van der Waals surface area contributed by atoms with Crippen LogP contribution in [-0.2, 0) is 9.53 Å². The molecule has 1 aliphatic heterocycles. The summed E-state index contributed by atoms with van der Waals surface area (Å²) < 4.78 is 10.5. The van der Waals surface area contributed by atoms with Crippen LogP contribution in [0.1, 0.15) is 37.0 Å². The largest absolute Gasteiger partial charge is 0.492 e. The third-order valence-electron chi connectivity index (χ3n) is 5.20. The topological polar surface area (TPSA) is 111 Å².